The van der Waals surface area contributed by atoms with Gasteiger partial charge in [-0.1, -0.05) is 36.5 Å². The van der Waals surface area contributed by atoms with Crippen LogP contribution in [-0.4, -0.2) is 18.6 Å². The Balaban J connectivity index is 1.95. The van der Waals surface area contributed by atoms with E-state index in [0.717, 1.165) is 31.1 Å². The summed E-state index contributed by atoms with van der Waals surface area (Å²) < 4.78 is 0. The van der Waals surface area contributed by atoms with Crippen LogP contribution in [0.3, 0.4) is 0 Å². The largest absolute Gasteiger partial charge is 0.317 e. The van der Waals surface area contributed by atoms with Gasteiger partial charge in [0.05, 0.1) is 5.69 Å². The summed E-state index contributed by atoms with van der Waals surface area (Å²) in [5.41, 5.74) is 4.00. The van der Waals surface area contributed by atoms with Gasteiger partial charge in [-0.3, -0.25) is 0 Å². The second-order valence-electron chi connectivity index (χ2n) is 4.78. The second kappa shape index (κ2) is 5.31. The molecule has 1 aliphatic rings. The van der Waals surface area contributed by atoms with Gasteiger partial charge in [-0.05, 0) is 31.5 Å². The van der Waals surface area contributed by atoms with Crippen LogP contribution in [0, 0.1) is 0 Å². The van der Waals surface area contributed by atoms with E-state index in [4.69, 9.17) is 4.98 Å². The number of aryl methyl sites for hydroxylation is 1. The van der Waals surface area contributed by atoms with E-state index >= 15 is 0 Å². The highest BCUT2D eigenvalue weighted by Crippen LogP contribution is 2.37. The molecule has 2 aromatic rings. The molecule has 0 fully saturated rings. The van der Waals surface area contributed by atoms with E-state index in [-0.39, 0.29) is 0 Å². The van der Waals surface area contributed by atoms with Crippen molar-refractivity contribution in [3.8, 4) is 0 Å². The Morgan fingerprint density at radius 2 is 2.21 bits per heavy atom. The number of fused-ring (bicyclic) bond motifs is 1. The lowest BCUT2D eigenvalue weighted by Gasteiger charge is -2.15. The second-order valence-corrected chi connectivity index (χ2v) is 5.84. The summed E-state index contributed by atoms with van der Waals surface area (Å²) in [6.07, 6.45) is 2.13. The standard InChI is InChI=1S/C15H19N3S/c1-3-12-14(10-16-2)19-15(17-12)18-9-8-11-6-4-5-7-13(11)18/h4-7,16H,3,8-10H2,1-2H3. The lowest BCUT2D eigenvalue weighted by Crippen LogP contribution is -2.12. The maximum absolute atomic E-state index is 4.83. The Bertz CT molecular complexity index is 577. The van der Waals surface area contributed by atoms with Gasteiger partial charge >= 0.3 is 0 Å². The van der Waals surface area contributed by atoms with Crippen LogP contribution in [0.15, 0.2) is 24.3 Å². The van der Waals surface area contributed by atoms with Gasteiger partial charge in [0.1, 0.15) is 0 Å². The van der Waals surface area contributed by atoms with Crippen LogP contribution in [-0.2, 0) is 19.4 Å². The number of benzene rings is 1. The fraction of sp³-hybridized carbons (Fsp3) is 0.400. The van der Waals surface area contributed by atoms with Gasteiger partial charge < -0.3 is 10.2 Å². The first-order chi connectivity index (χ1) is 9.33. The topological polar surface area (TPSA) is 28.2 Å². The number of hydrogen-bond donors (Lipinski definition) is 1. The van der Waals surface area contributed by atoms with Crippen molar-refractivity contribution < 1.29 is 0 Å². The number of aromatic nitrogens is 1. The quantitative estimate of drug-likeness (QED) is 0.927. The van der Waals surface area contributed by atoms with Gasteiger partial charge in [0.2, 0.25) is 0 Å². The van der Waals surface area contributed by atoms with Gasteiger partial charge in [0, 0.05) is 23.7 Å². The molecule has 1 N–H and O–H groups in total. The van der Waals surface area contributed by atoms with Gasteiger partial charge in [-0.2, -0.15) is 0 Å². The number of hydrogen-bond acceptors (Lipinski definition) is 4. The molecule has 19 heavy (non-hydrogen) atoms. The molecule has 0 saturated heterocycles. The predicted octanol–water partition coefficient (Wildman–Crippen LogP) is 3.12. The van der Waals surface area contributed by atoms with E-state index in [9.17, 15) is 0 Å². The smallest absolute Gasteiger partial charge is 0.190 e. The molecule has 0 aliphatic carbocycles. The highest BCUT2D eigenvalue weighted by molar-refractivity contribution is 7.15. The van der Waals surface area contributed by atoms with Crippen LogP contribution in [0.1, 0.15) is 23.1 Å². The number of para-hydroxylation sites is 1. The molecule has 100 valence electrons. The highest BCUT2D eigenvalue weighted by atomic mass is 32.1. The first kappa shape index (κ1) is 12.6. The normalized spacial score (nSPS) is 13.9. The zero-order valence-corrected chi connectivity index (χ0v) is 12.3. The van der Waals surface area contributed by atoms with Gasteiger partial charge in [-0.25, -0.2) is 4.98 Å². The molecule has 3 rings (SSSR count). The van der Waals surface area contributed by atoms with Crippen molar-refractivity contribution in [2.75, 3.05) is 18.5 Å². The SMILES string of the molecule is CCc1nc(N2CCc3ccccc32)sc1CNC. The van der Waals surface area contributed by atoms with Crippen LogP contribution >= 0.6 is 11.3 Å². The van der Waals surface area contributed by atoms with Crippen LogP contribution in [0.2, 0.25) is 0 Å². The summed E-state index contributed by atoms with van der Waals surface area (Å²) in [6, 6.07) is 8.65. The van der Waals surface area contributed by atoms with E-state index in [1.165, 1.54) is 21.8 Å². The number of nitrogens with one attached hydrogen (secondary N) is 1. The number of thiazole rings is 1. The average Bonchev–Trinajstić information content (AvgIpc) is 3.02. The van der Waals surface area contributed by atoms with Crippen molar-refractivity contribution in [1.29, 1.82) is 0 Å². The first-order valence-electron chi connectivity index (χ1n) is 6.82. The Morgan fingerprint density at radius 1 is 1.37 bits per heavy atom. The third-order valence-electron chi connectivity index (χ3n) is 3.56. The van der Waals surface area contributed by atoms with Crippen molar-refractivity contribution in [2.45, 2.75) is 26.3 Å². The van der Waals surface area contributed by atoms with E-state index in [1.54, 1.807) is 0 Å². The maximum atomic E-state index is 4.83. The third kappa shape index (κ3) is 2.26. The lowest BCUT2D eigenvalue weighted by atomic mass is 10.2. The molecule has 0 radical (unpaired) electrons. The van der Waals surface area contributed by atoms with Gasteiger partial charge in [0.25, 0.3) is 0 Å². The van der Waals surface area contributed by atoms with Crippen LogP contribution in [0.4, 0.5) is 10.8 Å². The lowest BCUT2D eigenvalue weighted by molar-refractivity contribution is 0.814. The molecule has 4 heteroatoms. The molecule has 0 atom stereocenters. The Labute approximate surface area is 118 Å². The molecule has 2 heterocycles. The first-order valence-corrected chi connectivity index (χ1v) is 7.63. The zero-order valence-electron chi connectivity index (χ0n) is 11.4. The summed E-state index contributed by atoms with van der Waals surface area (Å²) in [4.78, 5) is 8.56. The average molecular weight is 273 g/mol. The molecule has 0 saturated carbocycles. The molecule has 0 unspecified atom stereocenters. The Hall–Kier alpha value is -1.39. The molecule has 3 nitrogen and oxygen atoms in total. The van der Waals surface area contributed by atoms with Crippen molar-refractivity contribution in [3.63, 3.8) is 0 Å². The molecule has 1 aromatic heterocycles. The van der Waals surface area contributed by atoms with E-state index in [1.807, 2.05) is 18.4 Å². The summed E-state index contributed by atoms with van der Waals surface area (Å²) in [5, 5.41) is 4.38. The fourth-order valence-electron chi connectivity index (χ4n) is 2.60. The van der Waals surface area contributed by atoms with Crippen LogP contribution in [0.25, 0.3) is 0 Å². The number of nitrogens with zero attached hydrogens (tertiary/aromatic N) is 2. The van der Waals surface area contributed by atoms with Gasteiger partial charge in [0.15, 0.2) is 5.13 Å². The minimum Gasteiger partial charge on any atom is -0.317 e. The number of anilines is 2. The molecule has 1 aliphatic heterocycles. The van der Waals surface area contributed by atoms with E-state index in [0.29, 0.717) is 0 Å². The molecular formula is C15H19N3S. The molecule has 0 amide bonds. The number of rotatable bonds is 4. The zero-order chi connectivity index (χ0) is 13.2. The van der Waals surface area contributed by atoms with Crippen molar-refractivity contribution >= 4 is 22.2 Å². The van der Waals surface area contributed by atoms with Crippen molar-refractivity contribution in [3.05, 3.63) is 40.4 Å². The van der Waals surface area contributed by atoms with Crippen molar-refractivity contribution in [2.24, 2.45) is 0 Å². The Morgan fingerprint density at radius 3 is 3.00 bits per heavy atom. The summed E-state index contributed by atoms with van der Waals surface area (Å²) in [7, 11) is 1.99. The molecule has 0 bridgehead atoms. The van der Waals surface area contributed by atoms with Gasteiger partial charge in [-0.15, -0.1) is 0 Å². The minimum absolute atomic E-state index is 0.913. The summed E-state index contributed by atoms with van der Waals surface area (Å²) in [6.45, 7) is 4.14. The maximum Gasteiger partial charge on any atom is 0.190 e. The van der Waals surface area contributed by atoms with Crippen molar-refractivity contribution in [1.82, 2.24) is 10.3 Å². The van der Waals surface area contributed by atoms with E-state index in [2.05, 4.69) is 41.4 Å². The summed E-state index contributed by atoms with van der Waals surface area (Å²) >= 11 is 1.82. The molecule has 0 spiro atoms. The molecular weight excluding hydrogens is 254 g/mol. The Kier molecular flexibility index (Phi) is 3.53. The monoisotopic (exact) mass is 273 g/mol. The minimum atomic E-state index is 0.913. The van der Waals surface area contributed by atoms with Crippen LogP contribution in [0.5, 0.6) is 0 Å². The van der Waals surface area contributed by atoms with Crippen LogP contribution < -0.4 is 10.2 Å². The van der Waals surface area contributed by atoms with E-state index < -0.39 is 0 Å². The third-order valence-corrected chi connectivity index (χ3v) is 4.68. The molecule has 1 aromatic carbocycles. The summed E-state index contributed by atoms with van der Waals surface area (Å²) in [5.74, 6) is 0. The fourth-order valence-corrected chi connectivity index (χ4v) is 3.80. The highest BCUT2D eigenvalue weighted by Gasteiger charge is 2.23. The predicted molar refractivity (Wildman–Crippen MR) is 81.4 cm³/mol.